The highest BCUT2D eigenvalue weighted by atomic mass is 14.3. The Labute approximate surface area is 131 Å². The molecule has 0 saturated heterocycles. The van der Waals surface area contributed by atoms with E-state index in [0.717, 1.165) is 0 Å². The molecule has 106 valence electrons. The Morgan fingerprint density at radius 1 is 0.591 bits per heavy atom. The summed E-state index contributed by atoms with van der Waals surface area (Å²) >= 11 is 0. The van der Waals surface area contributed by atoms with Crippen LogP contribution < -0.4 is 0 Å². The molecule has 0 amide bonds. The van der Waals surface area contributed by atoms with E-state index in [1.165, 1.54) is 44.5 Å². The fourth-order valence-electron chi connectivity index (χ4n) is 3.44. The average Bonchev–Trinajstić information content (AvgIpc) is 2.88. The lowest BCUT2D eigenvalue weighted by atomic mass is 9.95. The van der Waals surface area contributed by atoms with Crippen LogP contribution in [0.25, 0.3) is 22.8 Å². The van der Waals surface area contributed by atoms with Crippen molar-refractivity contribution in [1.29, 1.82) is 0 Å². The second kappa shape index (κ2) is 4.99. The number of hydrogen-bond donors (Lipinski definition) is 0. The van der Waals surface area contributed by atoms with Crippen molar-refractivity contribution in [3.63, 3.8) is 0 Å². The molecular weight excluding hydrogens is 264 g/mol. The largest absolute Gasteiger partial charge is 0.0622 e. The van der Waals surface area contributed by atoms with E-state index in [1.807, 2.05) is 0 Å². The number of rotatable bonds is 1. The molecule has 0 saturated carbocycles. The van der Waals surface area contributed by atoms with E-state index in [0.29, 0.717) is 0 Å². The number of benzene rings is 3. The maximum atomic E-state index is 2.32. The first-order valence-electron chi connectivity index (χ1n) is 7.73. The fourth-order valence-corrected chi connectivity index (χ4v) is 3.44. The van der Waals surface area contributed by atoms with Crippen molar-refractivity contribution in [3.8, 4) is 11.1 Å². The summed E-state index contributed by atoms with van der Waals surface area (Å²) in [5.74, 6) is 0. The number of fused-ring (bicyclic) bond motifs is 3. The van der Waals surface area contributed by atoms with Gasteiger partial charge in [-0.2, -0.15) is 0 Å². The van der Waals surface area contributed by atoms with E-state index in [2.05, 4.69) is 86.7 Å². The van der Waals surface area contributed by atoms with E-state index in [9.17, 15) is 0 Å². The highest BCUT2D eigenvalue weighted by Crippen LogP contribution is 2.47. The van der Waals surface area contributed by atoms with Crippen molar-refractivity contribution in [1.82, 2.24) is 0 Å². The molecule has 0 bridgehead atoms. The highest BCUT2D eigenvalue weighted by molar-refractivity contribution is 6.08. The number of aryl methyl sites for hydroxylation is 2. The Hall–Kier alpha value is -2.60. The van der Waals surface area contributed by atoms with Gasteiger partial charge in [-0.1, -0.05) is 66.7 Å². The Morgan fingerprint density at radius 2 is 1.18 bits per heavy atom. The molecule has 0 aliphatic heterocycles. The van der Waals surface area contributed by atoms with E-state index >= 15 is 0 Å². The molecule has 1 aliphatic carbocycles. The topological polar surface area (TPSA) is 0 Å². The molecule has 0 heterocycles. The third-order valence-corrected chi connectivity index (χ3v) is 4.49. The van der Waals surface area contributed by atoms with Crippen molar-refractivity contribution in [2.24, 2.45) is 0 Å². The first-order chi connectivity index (χ1) is 10.8. The van der Waals surface area contributed by atoms with Gasteiger partial charge in [-0.05, 0) is 64.4 Å². The van der Waals surface area contributed by atoms with Crippen molar-refractivity contribution < 1.29 is 0 Å². The smallest absolute Gasteiger partial charge is 0.00668 e. The third-order valence-electron chi connectivity index (χ3n) is 4.49. The van der Waals surface area contributed by atoms with Crippen LogP contribution in [0.3, 0.4) is 0 Å². The molecule has 3 aromatic carbocycles. The second-order valence-corrected chi connectivity index (χ2v) is 5.96. The summed E-state index contributed by atoms with van der Waals surface area (Å²) < 4.78 is 0. The molecule has 1 aliphatic rings. The summed E-state index contributed by atoms with van der Waals surface area (Å²) in [5.41, 5.74) is 10.8. The van der Waals surface area contributed by atoms with Gasteiger partial charge in [-0.25, -0.2) is 0 Å². The molecule has 0 nitrogen and oxygen atoms in total. The van der Waals surface area contributed by atoms with Gasteiger partial charge in [-0.15, -0.1) is 0 Å². The zero-order chi connectivity index (χ0) is 15.1. The standard InChI is InChI=1S/C22H18/c1-15-12-13-16(2)22-20(14-17-8-4-3-5-9-17)18-10-6-7-11-19(18)21(15)22/h3-14H,1-2H3/b20-14-. The molecule has 0 spiro atoms. The molecule has 0 unspecified atom stereocenters. The lowest BCUT2D eigenvalue weighted by molar-refractivity contribution is 1.38. The molecule has 4 rings (SSSR count). The van der Waals surface area contributed by atoms with Crippen LogP contribution in [0.1, 0.15) is 27.8 Å². The summed E-state index contributed by atoms with van der Waals surface area (Å²) in [4.78, 5) is 0. The first-order valence-corrected chi connectivity index (χ1v) is 7.73. The van der Waals surface area contributed by atoms with E-state index in [4.69, 9.17) is 0 Å². The van der Waals surface area contributed by atoms with Crippen molar-refractivity contribution >= 4 is 11.6 Å². The van der Waals surface area contributed by atoms with Gasteiger partial charge in [0.1, 0.15) is 0 Å². The van der Waals surface area contributed by atoms with Crippen LogP contribution in [0.2, 0.25) is 0 Å². The Kier molecular flexibility index (Phi) is 2.97. The summed E-state index contributed by atoms with van der Waals surface area (Å²) in [6.45, 7) is 4.42. The maximum Gasteiger partial charge on any atom is -0.00668 e. The van der Waals surface area contributed by atoms with Gasteiger partial charge >= 0.3 is 0 Å². The van der Waals surface area contributed by atoms with E-state index < -0.39 is 0 Å². The molecule has 22 heavy (non-hydrogen) atoms. The van der Waals surface area contributed by atoms with Gasteiger partial charge < -0.3 is 0 Å². The summed E-state index contributed by atoms with van der Waals surface area (Å²) in [6.07, 6.45) is 2.32. The second-order valence-electron chi connectivity index (χ2n) is 5.96. The number of hydrogen-bond acceptors (Lipinski definition) is 0. The van der Waals surface area contributed by atoms with Crippen LogP contribution in [-0.4, -0.2) is 0 Å². The van der Waals surface area contributed by atoms with Gasteiger partial charge in [0.05, 0.1) is 0 Å². The zero-order valence-corrected chi connectivity index (χ0v) is 12.9. The minimum atomic E-state index is 1.25. The van der Waals surface area contributed by atoms with Crippen LogP contribution in [0.15, 0.2) is 66.7 Å². The minimum Gasteiger partial charge on any atom is -0.0622 e. The Morgan fingerprint density at radius 3 is 1.91 bits per heavy atom. The summed E-state index contributed by atoms with van der Waals surface area (Å²) in [5, 5.41) is 0. The molecule has 0 fully saturated rings. The normalized spacial score (nSPS) is 14.0. The molecule has 0 heteroatoms. The molecule has 3 aromatic rings. The Balaban J connectivity index is 2.06. The quantitative estimate of drug-likeness (QED) is 0.409. The van der Waals surface area contributed by atoms with Crippen molar-refractivity contribution in [2.45, 2.75) is 13.8 Å². The van der Waals surface area contributed by atoms with Gasteiger partial charge in [0.25, 0.3) is 0 Å². The fraction of sp³-hybridized carbons (Fsp3) is 0.0909. The molecule has 0 aromatic heterocycles. The van der Waals surface area contributed by atoms with Gasteiger partial charge in [0, 0.05) is 0 Å². The first kappa shape index (κ1) is 13.1. The van der Waals surface area contributed by atoms with Crippen molar-refractivity contribution in [2.75, 3.05) is 0 Å². The van der Waals surface area contributed by atoms with Gasteiger partial charge in [0.15, 0.2) is 0 Å². The maximum absolute atomic E-state index is 2.32. The predicted octanol–water partition coefficient (Wildman–Crippen LogP) is 5.87. The molecule has 0 N–H and O–H groups in total. The third kappa shape index (κ3) is 1.92. The molecular formula is C22H18. The monoisotopic (exact) mass is 282 g/mol. The van der Waals surface area contributed by atoms with Crippen molar-refractivity contribution in [3.05, 3.63) is 94.5 Å². The average molecular weight is 282 g/mol. The lowest BCUT2D eigenvalue weighted by Gasteiger charge is -2.09. The van der Waals surface area contributed by atoms with E-state index in [-0.39, 0.29) is 0 Å². The van der Waals surface area contributed by atoms with E-state index in [1.54, 1.807) is 0 Å². The van der Waals surface area contributed by atoms with Gasteiger partial charge in [-0.3, -0.25) is 0 Å². The predicted molar refractivity (Wildman–Crippen MR) is 94.8 cm³/mol. The lowest BCUT2D eigenvalue weighted by Crippen LogP contribution is -1.89. The zero-order valence-electron chi connectivity index (χ0n) is 12.9. The molecule has 0 radical (unpaired) electrons. The van der Waals surface area contributed by atoms with Crippen LogP contribution in [0.4, 0.5) is 0 Å². The van der Waals surface area contributed by atoms with Crippen LogP contribution in [0.5, 0.6) is 0 Å². The highest BCUT2D eigenvalue weighted by Gasteiger charge is 2.25. The summed E-state index contributed by atoms with van der Waals surface area (Å²) in [6, 6.07) is 23.8. The molecule has 0 atom stereocenters. The minimum absolute atomic E-state index is 1.25. The van der Waals surface area contributed by atoms with Crippen LogP contribution in [0, 0.1) is 13.8 Å². The SMILES string of the molecule is Cc1ccc(C)c2c1/C(=C\c1ccccc1)c1ccccc1-2. The van der Waals surface area contributed by atoms with Crippen LogP contribution in [-0.2, 0) is 0 Å². The summed E-state index contributed by atoms with van der Waals surface area (Å²) in [7, 11) is 0. The van der Waals surface area contributed by atoms with Gasteiger partial charge in [0.2, 0.25) is 0 Å². The Bertz CT molecular complexity index is 883. The van der Waals surface area contributed by atoms with Crippen LogP contribution >= 0.6 is 0 Å².